The van der Waals surface area contributed by atoms with Gasteiger partial charge >= 0.3 is 12.0 Å². The molecule has 0 aliphatic rings. The fourth-order valence-electron chi connectivity index (χ4n) is 1.34. The zero-order valence-corrected chi connectivity index (χ0v) is 11.2. The molecular formula is C12H15N3O3S. The summed E-state index contributed by atoms with van der Waals surface area (Å²) >= 11 is 1.51. The van der Waals surface area contributed by atoms with Gasteiger partial charge in [0.05, 0.1) is 5.01 Å². The first-order chi connectivity index (χ1) is 9.04. The Morgan fingerprint density at radius 2 is 2.37 bits per heavy atom. The van der Waals surface area contributed by atoms with Gasteiger partial charge in [0.25, 0.3) is 0 Å². The Labute approximate surface area is 115 Å². The largest absolute Gasteiger partial charge is 0.480 e. The molecule has 0 fully saturated rings. The number of rotatable bonds is 6. The van der Waals surface area contributed by atoms with Crippen LogP contribution in [0.4, 0.5) is 4.79 Å². The third-order valence-electron chi connectivity index (χ3n) is 2.37. The molecule has 0 spiro atoms. The van der Waals surface area contributed by atoms with E-state index in [1.165, 1.54) is 11.3 Å². The number of carboxylic acids is 1. The second-order valence-electron chi connectivity index (χ2n) is 3.92. The maximum absolute atomic E-state index is 11.5. The van der Waals surface area contributed by atoms with Crippen LogP contribution in [0, 0.1) is 12.3 Å². The van der Waals surface area contributed by atoms with E-state index >= 15 is 0 Å². The molecule has 0 aliphatic heterocycles. The van der Waals surface area contributed by atoms with Crippen LogP contribution >= 0.6 is 11.3 Å². The first-order valence-corrected chi connectivity index (χ1v) is 6.52. The van der Waals surface area contributed by atoms with Crippen LogP contribution < -0.4 is 10.6 Å². The van der Waals surface area contributed by atoms with Gasteiger partial charge in [-0.25, -0.2) is 14.6 Å². The molecule has 2 atom stereocenters. The van der Waals surface area contributed by atoms with Crippen LogP contribution in [0.3, 0.4) is 0 Å². The van der Waals surface area contributed by atoms with Crippen LogP contribution in [0.15, 0.2) is 11.6 Å². The molecule has 1 aromatic heterocycles. The number of hydrogen-bond donors (Lipinski definition) is 3. The number of carboxylic acid groups (broad SMARTS) is 1. The summed E-state index contributed by atoms with van der Waals surface area (Å²) in [5, 5.41) is 16.5. The van der Waals surface area contributed by atoms with Crippen molar-refractivity contribution in [1.82, 2.24) is 15.6 Å². The van der Waals surface area contributed by atoms with Gasteiger partial charge in [0, 0.05) is 30.5 Å². The Morgan fingerprint density at radius 3 is 2.89 bits per heavy atom. The molecule has 1 aromatic rings. The number of carbonyl (C=O) groups is 2. The second-order valence-corrected chi connectivity index (χ2v) is 4.85. The minimum absolute atomic E-state index is 0.0508. The summed E-state index contributed by atoms with van der Waals surface area (Å²) < 4.78 is 0. The van der Waals surface area contributed by atoms with Crippen molar-refractivity contribution in [2.45, 2.75) is 25.3 Å². The highest BCUT2D eigenvalue weighted by atomic mass is 32.1. The maximum Gasteiger partial charge on any atom is 0.327 e. The number of urea groups is 1. The number of amides is 2. The Bertz CT molecular complexity index is 467. The first-order valence-electron chi connectivity index (χ1n) is 5.64. The first kappa shape index (κ1) is 15.0. The molecule has 2 unspecified atom stereocenters. The lowest BCUT2D eigenvalue weighted by molar-refractivity contribution is -0.139. The smallest absolute Gasteiger partial charge is 0.327 e. The zero-order valence-electron chi connectivity index (χ0n) is 10.4. The highest BCUT2D eigenvalue weighted by Crippen LogP contribution is 2.16. The molecule has 0 aromatic carbocycles. The average molecular weight is 281 g/mol. The molecule has 2 amide bonds. The van der Waals surface area contributed by atoms with Crippen LogP contribution in [-0.4, -0.2) is 34.7 Å². The standard InChI is InChI=1S/C12H15N3O3S/c1-3-4-9(11(16)17)15-12(18)14-7-8(2)10-13-5-6-19-10/h1,5-6,8-9H,4,7H2,2H3,(H,16,17)(H2,14,15,18). The Morgan fingerprint density at radius 1 is 1.63 bits per heavy atom. The van der Waals surface area contributed by atoms with E-state index in [2.05, 4.69) is 21.5 Å². The summed E-state index contributed by atoms with van der Waals surface area (Å²) in [6, 6.07) is -1.62. The average Bonchev–Trinajstić information content (AvgIpc) is 2.89. The van der Waals surface area contributed by atoms with Gasteiger partial charge in [0.1, 0.15) is 6.04 Å². The third kappa shape index (κ3) is 4.97. The van der Waals surface area contributed by atoms with E-state index in [4.69, 9.17) is 11.5 Å². The summed E-state index contributed by atoms with van der Waals surface area (Å²) in [5.41, 5.74) is 0. The van der Waals surface area contributed by atoms with Crippen molar-refractivity contribution in [3.63, 3.8) is 0 Å². The van der Waals surface area contributed by atoms with Gasteiger partial charge in [0.15, 0.2) is 0 Å². The highest BCUT2D eigenvalue weighted by Gasteiger charge is 2.19. The molecule has 6 nitrogen and oxygen atoms in total. The van der Waals surface area contributed by atoms with Crippen LogP contribution in [0.1, 0.15) is 24.3 Å². The summed E-state index contributed by atoms with van der Waals surface area (Å²) in [6.45, 7) is 2.30. The number of hydrogen-bond acceptors (Lipinski definition) is 4. The molecule has 3 N–H and O–H groups in total. The van der Waals surface area contributed by atoms with Crippen molar-refractivity contribution in [3.8, 4) is 12.3 Å². The molecule has 0 aliphatic carbocycles. The van der Waals surface area contributed by atoms with E-state index in [0.29, 0.717) is 6.54 Å². The van der Waals surface area contributed by atoms with E-state index in [-0.39, 0.29) is 12.3 Å². The quantitative estimate of drug-likeness (QED) is 0.679. The van der Waals surface area contributed by atoms with Crippen molar-refractivity contribution in [2.75, 3.05) is 6.54 Å². The summed E-state index contributed by atoms with van der Waals surface area (Å²) in [4.78, 5) is 26.5. The van der Waals surface area contributed by atoms with Crippen molar-refractivity contribution in [1.29, 1.82) is 0 Å². The normalized spacial score (nSPS) is 13.1. The lowest BCUT2D eigenvalue weighted by atomic mass is 10.2. The number of thiazole rings is 1. The lowest BCUT2D eigenvalue weighted by Crippen LogP contribution is -2.46. The van der Waals surface area contributed by atoms with E-state index in [0.717, 1.165) is 5.01 Å². The Hall–Kier alpha value is -2.07. The Balaban J connectivity index is 2.39. The van der Waals surface area contributed by atoms with Crippen LogP contribution in [-0.2, 0) is 4.79 Å². The minimum atomic E-state index is -1.15. The van der Waals surface area contributed by atoms with Crippen molar-refractivity contribution in [2.24, 2.45) is 0 Å². The van der Waals surface area contributed by atoms with Crippen molar-refractivity contribution < 1.29 is 14.7 Å². The second kappa shape index (κ2) is 7.38. The molecule has 19 heavy (non-hydrogen) atoms. The predicted octanol–water partition coefficient (Wildman–Crippen LogP) is 1.02. The molecule has 1 heterocycles. The van der Waals surface area contributed by atoms with E-state index < -0.39 is 18.0 Å². The van der Waals surface area contributed by atoms with Gasteiger partial charge in [-0.2, -0.15) is 0 Å². The maximum atomic E-state index is 11.5. The molecule has 7 heteroatoms. The fourth-order valence-corrected chi connectivity index (χ4v) is 2.04. The van der Waals surface area contributed by atoms with Crippen molar-refractivity contribution in [3.05, 3.63) is 16.6 Å². The molecule has 0 saturated heterocycles. The fraction of sp³-hybridized carbons (Fsp3) is 0.417. The topological polar surface area (TPSA) is 91.3 Å². The van der Waals surface area contributed by atoms with Crippen LogP contribution in [0.25, 0.3) is 0 Å². The van der Waals surface area contributed by atoms with Gasteiger partial charge in [0.2, 0.25) is 0 Å². The SMILES string of the molecule is C#CCC(NC(=O)NCC(C)c1nccs1)C(=O)O. The number of terminal acetylenes is 1. The zero-order chi connectivity index (χ0) is 14.3. The number of aliphatic carboxylic acids is 1. The van der Waals surface area contributed by atoms with Gasteiger partial charge in [-0.3, -0.25) is 0 Å². The number of aromatic nitrogens is 1. The van der Waals surface area contributed by atoms with E-state index in [1.807, 2.05) is 12.3 Å². The van der Waals surface area contributed by atoms with Gasteiger partial charge in [-0.15, -0.1) is 23.7 Å². The monoisotopic (exact) mass is 281 g/mol. The Kier molecular flexibility index (Phi) is 5.82. The third-order valence-corrected chi connectivity index (χ3v) is 3.37. The summed E-state index contributed by atoms with van der Waals surface area (Å²) in [5.74, 6) is 1.13. The van der Waals surface area contributed by atoms with E-state index in [9.17, 15) is 9.59 Å². The highest BCUT2D eigenvalue weighted by molar-refractivity contribution is 7.09. The summed E-state index contributed by atoms with van der Waals surface area (Å²) in [6.07, 6.45) is 6.68. The number of nitrogens with one attached hydrogen (secondary N) is 2. The molecule has 102 valence electrons. The predicted molar refractivity (Wildman–Crippen MR) is 71.9 cm³/mol. The van der Waals surface area contributed by atoms with E-state index in [1.54, 1.807) is 6.20 Å². The van der Waals surface area contributed by atoms with Crippen LogP contribution in [0.2, 0.25) is 0 Å². The number of nitrogens with zero attached hydrogens (tertiary/aromatic N) is 1. The molecular weight excluding hydrogens is 266 g/mol. The van der Waals surface area contributed by atoms with Crippen LogP contribution in [0.5, 0.6) is 0 Å². The lowest BCUT2D eigenvalue weighted by Gasteiger charge is -2.14. The molecule has 0 saturated carbocycles. The van der Waals surface area contributed by atoms with Gasteiger partial charge in [-0.05, 0) is 0 Å². The van der Waals surface area contributed by atoms with Gasteiger partial charge < -0.3 is 15.7 Å². The summed E-state index contributed by atoms with van der Waals surface area (Å²) in [7, 11) is 0. The number of carbonyl (C=O) groups excluding carboxylic acids is 1. The molecule has 1 rings (SSSR count). The van der Waals surface area contributed by atoms with Crippen molar-refractivity contribution >= 4 is 23.3 Å². The molecule has 0 radical (unpaired) electrons. The molecule has 0 bridgehead atoms. The van der Waals surface area contributed by atoms with Gasteiger partial charge in [-0.1, -0.05) is 6.92 Å². The minimum Gasteiger partial charge on any atom is -0.480 e.